The van der Waals surface area contributed by atoms with Gasteiger partial charge in [0.15, 0.2) is 0 Å². The van der Waals surface area contributed by atoms with Gasteiger partial charge in [0.1, 0.15) is 6.54 Å². The van der Waals surface area contributed by atoms with Crippen LogP contribution in [0.15, 0.2) is 0 Å². The highest BCUT2D eigenvalue weighted by Crippen LogP contribution is 2.02. The van der Waals surface area contributed by atoms with Crippen molar-refractivity contribution in [3.05, 3.63) is 0 Å². The van der Waals surface area contributed by atoms with Gasteiger partial charge in [0.2, 0.25) is 5.91 Å². The molecule has 16 heavy (non-hydrogen) atoms. The van der Waals surface area contributed by atoms with Gasteiger partial charge in [-0.3, -0.25) is 9.59 Å². The van der Waals surface area contributed by atoms with Crippen LogP contribution in [0, 0.1) is 0 Å². The summed E-state index contributed by atoms with van der Waals surface area (Å²) in [7, 11) is 1.31. The molecule has 0 heterocycles. The van der Waals surface area contributed by atoms with Crippen LogP contribution in [0.2, 0.25) is 0 Å². The van der Waals surface area contributed by atoms with Crippen LogP contribution < -0.4 is 0 Å². The molecule has 0 bridgehead atoms. The lowest BCUT2D eigenvalue weighted by atomic mass is 10.2. The van der Waals surface area contributed by atoms with Gasteiger partial charge in [-0.25, -0.2) is 0 Å². The minimum atomic E-state index is -0.399. The summed E-state index contributed by atoms with van der Waals surface area (Å²) in [5.74, 6) is -0.454. The maximum absolute atomic E-state index is 11.7. The van der Waals surface area contributed by atoms with E-state index in [0.29, 0.717) is 25.8 Å². The van der Waals surface area contributed by atoms with Gasteiger partial charge in [-0.05, 0) is 19.3 Å². The molecule has 0 fully saturated rings. The standard InChI is InChI=1S/C11H21NO4/c1-3-7-12(9-11(15)16-2)10(14)6-4-5-8-13/h13H,3-9H2,1-2H3. The first-order valence-electron chi connectivity index (χ1n) is 5.61. The number of ether oxygens (including phenoxy) is 1. The second kappa shape index (κ2) is 9.15. The topological polar surface area (TPSA) is 66.8 Å². The van der Waals surface area contributed by atoms with E-state index >= 15 is 0 Å². The third-order valence-corrected chi connectivity index (χ3v) is 2.19. The van der Waals surface area contributed by atoms with Gasteiger partial charge in [-0.2, -0.15) is 0 Å². The van der Waals surface area contributed by atoms with Crippen LogP contribution in [0.1, 0.15) is 32.6 Å². The van der Waals surface area contributed by atoms with Gasteiger partial charge in [0.25, 0.3) is 0 Å². The van der Waals surface area contributed by atoms with E-state index in [2.05, 4.69) is 4.74 Å². The highest BCUT2D eigenvalue weighted by atomic mass is 16.5. The second-order valence-corrected chi connectivity index (χ2v) is 3.57. The molecule has 0 aliphatic rings. The summed E-state index contributed by atoms with van der Waals surface area (Å²) in [5, 5.41) is 8.61. The molecule has 0 saturated heterocycles. The number of hydrogen-bond donors (Lipinski definition) is 1. The van der Waals surface area contributed by atoms with Crippen LogP contribution in [0.4, 0.5) is 0 Å². The summed E-state index contributed by atoms with van der Waals surface area (Å²) < 4.78 is 4.53. The Hall–Kier alpha value is -1.10. The van der Waals surface area contributed by atoms with Gasteiger partial charge >= 0.3 is 5.97 Å². The number of aliphatic hydroxyl groups is 1. The summed E-state index contributed by atoms with van der Waals surface area (Å²) >= 11 is 0. The fourth-order valence-electron chi connectivity index (χ4n) is 1.33. The molecule has 5 nitrogen and oxygen atoms in total. The van der Waals surface area contributed by atoms with Crippen LogP contribution in [-0.4, -0.2) is 48.7 Å². The summed E-state index contributed by atoms with van der Waals surface area (Å²) in [6, 6.07) is 0. The van der Waals surface area contributed by atoms with E-state index in [1.807, 2.05) is 6.92 Å². The summed E-state index contributed by atoms with van der Waals surface area (Å²) in [6.45, 7) is 2.62. The molecule has 0 unspecified atom stereocenters. The van der Waals surface area contributed by atoms with Crippen molar-refractivity contribution in [1.82, 2.24) is 4.90 Å². The molecular formula is C11H21NO4. The first kappa shape index (κ1) is 14.9. The number of methoxy groups -OCH3 is 1. The number of esters is 1. The average Bonchev–Trinajstić information content (AvgIpc) is 2.28. The molecule has 0 aromatic heterocycles. The van der Waals surface area contributed by atoms with Gasteiger partial charge in [0, 0.05) is 19.6 Å². The molecule has 0 radical (unpaired) electrons. The summed E-state index contributed by atoms with van der Waals surface area (Å²) in [5.41, 5.74) is 0. The van der Waals surface area contributed by atoms with Crippen molar-refractivity contribution in [2.45, 2.75) is 32.6 Å². The highest BCUT2D eigenvalue weighted by Gasteiger charge is 2.15. The predicted molar refractivity (Wildman–Crippen MR) is 59.8 cm³/mol. The Kier molecular flexibility index (Phi) is 8.52. The van der Waals surface area contributed by atoms with Crippen molar-refractivity contribution in [2.75, 3.05) is 26.8 Å². The minimum Gasteiger partial charge on any atom is -0.468 e. The highest BCUT2D eigenvalue weighted by molar-refractivity contribution is 5.81. The van der Waals surface area contributed by atoms with Gasteiger partial charge in [0.05, 0.1) is 7.11 Å². The Bertz CT molecular complexity index is 218. The number of aliphatic hydroxyl groups excluding tert-OH is 1. The van der Waals surface area contributed by atoms with Crippen LogP contribution in [0.3, 0.4) is 0 Å². The van der Waals surface area contributed by atoms with Crippen LogP contribution in [0.25, 0.3) is 0 Å². The zero-order valence-corrected chi connectivity index (χ0v) is 10.1. The van der Waals surface area contributed by atoms with Crippen molar-refractivity contribution in [2.24, 2.45) is 0 Å². The monoisotopic (exact) mass is 231 g/mol. The van der Waals surface area contributed by atoms with Gasteiger partial charge in [-0.1, -0.05) is 6.92 Å². The lowest BCUT2D eigenvalue weighted by molar-refractivity contribution is -0.147. The predicted octanol–water partition coefficient (Wildman–Crippen LogP) is 0.561. The molecule has 0 aromatic rings. The Balaban J connectivity index is 4.07. The summed E-state index contributed by atoms with van der Waals surface area (Å²) in [6.07, 6.45) is 2.45. The lowest BCUT2D eigenvalue weighted by Gasteiger charge is -2.20. The normalized spacial score (nSPS) is 9.94. The molecule has 0 saturated carbocycles. The number of carbonyl (C=O) groups is 2. The van der Waals surface area contributed by atoms with Crippen molar-refractivity contribution in [1.29, 1.82) is 0 Å². The zero-order chi connectivity index (χ0) is 12.4. The summed E-state index contributed by atoms with van der Waals surface area (Å²) in [4.78, 5) is 24.3. The van der Waals surface area contributed by atoms with E-state index in [1.54, 1.807) is 0 Å². The van der Waals surface area contributed by atoms with Crippen molar-refractivity contribution >= 4 is 11.9 Å². The van der Waals surface area contributed by atoms with E-state index in [9.17, 15) is 9.59 Å². The minimum absolute atomic E-state index is 0.0162. The van der Waals surface area contributed by atoms with Crippen molar-refractivity contribution in [3.63, 3.8) is 0 Å². The molecular weight excluding hydrogens is 210 g/mol. The molecule has 1 N–H and O–H groups in total. The Morgan fingerprint density at radius 1 is 1.31 bits per heavy atom. The Morgan fingerprint density at radius 3 is 2.50 bits per heavy atom. The Labute approximate surface area is 96.4 Å². The fraction of sp³-hybridized carbons (Fsp3) is 0.818. The molecule has 0 atom stereocenters. The SMILES string of the molecule is CCCN(CC(=O)OC)C(=O)CCCCO. The van der Waals surface area contributed by atoms with E-state index in [1.165, 1.54) is 12.0 Å². The lowest BCUT2D eigenvalue weighted by Crippen LogP contribution is -2.36. The van der Waals surface area contributed by atoms with Crippen LogP contribution >= 0.6 is 0 Å². The van der Waals surface area contributed by atoms with Crippen LogP contribution in [-0.2, 0) is 14.3 Å². The first-order chi connectivity index (χ1) is 7.65. The quantitative estimate of drug-likeness (QED) is 0.489. The maximum atomic E-state index is 11.7. The first-order valence-corrected chi connectivity index (χ1v) is 5.61. The van der Waals surface area contributed by atoms with E-state index < -0.39 is 5.97 Å². The average molecular weight is 231 g/mol. The van der Waals surface area contributed by atoms with Gasteiger partial charge < -0.3 is 14.7 Å². The largest absolute Gasteiger partial charge is 0.468 e. The number of unbranched alkanes of at least 4 members (excludes halogenated alkanes) is 1. The van der Waals surface area contributed by atoms with Crippen LogP contribution in [0.5, 0.6) is 0 Å². The molecule has 0 aromatic carbocycles. The number of hydrogen-bond acceptors (Lipinski definition) is 4. The third kappa shape index (κ3) is 6.40. The zero-order valence-electron chi connectivity index (χ0n) is 10.1. The molecule has 0 rings (SSSR count). The third-order valence-electron chi connectivity index (χ3n) is 2.19. The number of rotatable bonds is 8. The van der Waals surface area contributed by atoms with E-state index in [0.717, 1.165) is 6.42 Å². The van der Waals surface area contributed by atoms with Crippen molar-refractivity contribution < 1.29 is 19.4 Å². The number of carbonyl (C=O) groups excluding carboxylic acids is 2. The van der Waals surface area contributed by atoms with E-state index in [4.69, 9.17) is 5.11 Å². The molecule has 0 aliphatic heterocycles. The molecule has 94 valence electrons. The molecule has 5 heteroatoms. The molecule has 0 spiro atoms. The van der Waals surface area contributed by atoms with Gasteiger partial charge in [-0.15, -0.1) is 0 Å². The smallest absolute Gasteiger partial charge is 0.325 e. The number of amides is 1. The van der Waals surface area contributed by atoms with Crippen molar-refractivity contribution in [3.8, 4) is 0 Å². The molecule has 0 aliphatic carbocycles. The van der Waals surface area contributed by atoms with E-state index in [-0.39, 0.29) is 19.1 Å². The Morgan fingerprint density at radius 2 is 2.00 bits per heavy atom. The number of nitrogens with zero attached hydrogens (tertiary/aromatic N) is 1. The maximum Gasteiger partial charge on any atom is 0.325 e. The fourth-order valence-corrected chi connectivity index (χ4v) is 1.33. The second-order valence-electron chi connectivity index (χ2n) is 3.57. The molecule has 1 amide bonds.